The van der Waals surface area contributed by atoms with Crippen molar-refractivity contribution in [1.82, 2.24) is 19.8 Å². The number of nitrogens with zero attached hydrogens (tertiary/aromatic N) is 4. The van der Waals surface area contributed by atoms with Crippen LogP contribution in [0.3, 0.4) is 0 Å². The van der Waals surface area contributed by atoms with Crippen LogP contribution in [0.4, 0.5) is 13.2 Å². The Balaban J connectivity index is 1.54. The van der Waals surface area contributed by atoms with Gasteiger partial charge in [0.1, 0.15) is 11.5 Å². The van der Waals surface area contributed by atoms with Gasteiger partial charge in [-0.3, -0.25) is 4.79 Å². The predicted octanol–water partition coefficient (Wildman–Crippen LogP) is 4.14. The van der Waals surface area contributed by atoms with Crippen molar-refractivity contribution in [2.24, 2.45) is 5.92 Å². The summed E-state index contributed by atoms with van der Waals surface area (Å²) in [5, 5.41) is 0. The van der Waals surface area contributed by atoms with E-state index in [4.69, 9.17) is 0 Å². The van der Waals surface area contributed by atoms with Crippen LogP contribution in [-0.2, 0) is 12.6 Å². The van der Waals surface area contributed by atoms with E-state index in [0.717, 1.165) is 37.7 Å². The Morgan fingerprint density at radius 3 is 2.71 bits per heavy atom. The van der Waals surface area contributed by atoms with Crippen molar-refractivity contribution in [3.63, 3.8) is 0 Å². The molecule has 0 saturated carbocycles. The fourth-order valence-electron chi connectivity index (χ4n) is 4.19. The molecule has 1 aromatic carbocycles. The summed E-state index contributed by atoms with van der Waals surface area (Å²) in [6.45, 7) is 6.71. The van der Waals surface area contributed by atoms with Crippen LogP contribution in [0.15, 0.2) is 30.3 Å². The number of aromatic nitrogens is 2. The summed E-state index contributed by atoms with van der Waals surface area (Å²) in [5.41, 5.74) is 1.27. The van der Waals surface area contributed by atoms with Crippen molar-refractivity contribution in [1.29, 1.82) is 0 Å². The van der Waals surface area contributed by atoms with Crippen molar-refractivity contribution < 1.29 is 18.0 Å². The first-order chi connectivity index (χ1) is 14.6. The molecule has 1 aliphatic heterocycles. The molecule has 1 unspecified atom stereocenters. The number of amides is 1. The van der Waals surface area contributed by atoms with Gasteiger partial charge in [0.25, 0.3) is 5.91 Å². The largest absolute Gasteiger partial charge is 0.416 e. The number of hydrogen-bond acceptors (Lipinski definition) is 4. The van der Waals surface area contributed by atoms with Gasteiger partial charge in [-0.2, -0.15) is 13.2 Å². The molecular formula is C23H29F3N4O. The van der Waals surface area contributed by atoms with Crippen LogP contribution in [0, 0.1) is 19.8 Å². The second-order valence-electron chi connectivity index (χ2n) is 8.38. The standard InChI is InChI=1S/C23H29F3N4O/c1-16-12-21(28-17(2)27-16)22(31)29(3)14-19-7-5-10-30(15-19)11-9-18-6-4-8-20(13-18)23(24,25)26/h4,6,8,12-13,19H,5,7,9-11,14-15H2,1-3H3. The van der Waals surface area contributed by atoms with Crippen LogP contribution in [0.5, 0.6) is 0 Å². The number of piperidine rings is 1. The zero-order valence-electron chi connectivity index (χ0n) is 18.2. The van der Waals surface area contributed by atoms with Crippen LogP contribution in [0.2, 0.25) is 0 Å². The van der Waals surface area contributed by atoms with Crippen LogP contribution in [0.1, 0.15) is 46.0 Å². The lowest BCUT2D eigenvalue weighted by Gasteiger charge is -2.34. The van der Waals surface area contributed by atoms with Gasteiger partial charge in [-0.1, -0.05) is 18.2 Å². The van der Waals surface area contributed by atoms with Gasteiger partial charge < -0.3 is 9.80 Å². The summed E-state index contributed by atoms with van der Waals surface area (Å²) in [6.07, 6.45) is -1.70. The maximum absolute atomic E-state index is 12.9. The Morgan fingerprint density at radius 1 is 1.23 bits per heavy atom. The van der Waals surface area contributed by atoms with Crippen molar-refractivity contribution in [2.45, 2.75) is 39.3 Å². The molecule has 1 saturated heterocycles. The highest BCUT2D eigenvalue weighted by atomic mass is 19.4. The molecule has 1 amide bonds. The van der Waals surface area contributed by atoms with Crippen LogP contribution in [0.25, 0.3) is 0 Å². The second kappa shape index (κ2) is 9.77. The fraction of sp³-hybridized carbons (Fsp3) is 0.522. The Morgan fingerprint density at radius 2 is 2.00 bits per heavy atom. The number of alkyl halides is 3. The summed E-state index contributed by atoms with van der Waals surface area (Å²) in [7, 11) is 1.79. The molecule has 1 atom stereocenters. The number of carbonyl (C=O) groups excluding carboxylic acids is 1. The van der Waals surface area contributed by atoms with Gasteiger partial charge in [0.05, 0.1) is 5.56 Å². The van der Waals surface area contributed by atoms with Gasteiger partial charge in [-0.05, 0) is 63.3 Å². The molecule has 0 aliphatic carbocycles. The predicted molar refractivity (Wildman–Crippen MR) is 113 cm³/mol. The van der Waals surface area contributed by atoms with E-state index in [9.17, 15) is 18.0 Å². The highest BCUT2D eigenvalue weighted by Gasteiger charge is 2.30. The van der Waals surface area contributed by atoms with Gasteiger partial charge in [-0.25, -0.2) is 9.97 Å². The highest BCUT2D eigenvalue weighted by molar-refractivity contribution is 5.92. The third kappa shape index (κ3) is 6.50. The normalized spacial score (nSPS) is 17.5. The van der Waals surface area contributed by atoms with E-state index < -0.39 is 11.7 Å². The lowest BCUT2D eigenvalue weighted by molar-refractivity contribution is -0.137. The minimum atomic E-state index is -4.32. The molecule has 1 aromatic heterocycles. The summed E-state index contributed by atoms with van der Waals surface area (Å²) >= 11 is 0. The number of carbonyl (C=O) groups is 1. The zero-order valence-corrected chi connectivity index (χ0v) is 18.2. The van der Waals surface area contributed by atoms with E-state index in [-0.39, 0.29) is 5.91 Å². The van der Waals surface area contributed by atoms with Gasteiger partial charge in [0.2, 0.25) is 0 Å². The second-order valence-corrected chi connectivity index (χ2v) is 8.38. The number of hydrogen-bond donors (Lipinski definition) is 0. The van der Waals surface area contributed by atoms with Crippen LogP contribution in [-0.4, -0.2) is 58.9 Å². The topological polar surface area (TPSA) is 49.3 Å². The molecule has 31 heavy (non-hydrogen) atoms. The third-order valence-electron chi connectivity index (χ3n) is 5.64. The maximum Gasteiger partial charge on any atom is 0.416 e. The molecule has 1 fully saturated rings. The minimum Gasteiger partial charge on any atom is -0.340 e. The smallest absolute Gasteiger partial charge is 0.340 e. The Hall–Kier alpha value is -2.48. The van der Waals surface area contributed by atoms with Crippen LogP contribution < -0.4 is 0 Å². The number of likely N-dealkylation sites (tertiary alicyclic amines) is 1. The summed E-state index contributed by atoms with van der Waals surface area (Å²) in [5.74, 6) is 0.790. The van der Waals surface area contributed by atoms with E-state index in [2.05, 4.69) is 14.9 Å². The van der Waals surface area contributed by atoms with E-state index in [1.54, 1.807) is 31.0 Å². The molecule has 3 rings (SSSR count). The number of rotatable bonds is 6. The molecule has 0 radical (unpaired) electrons. The molecule has 0 spiro atoms. The van der Waals surface area contributed by atoms with Gasteiger partial charge >= 0.3 is 6.18 Å². The van der Waals surface area contributed by atoms with Gasteiger partial charge in [0, 0.05) is 32.4 Å². The molecule has 8 heteroatoms. The first-order valence-corrected chi connectivity index (χ1v) is 10.6. The number of aryl methyl sites for hydroxylation is 2. The van der Waals surface area contributed by atoms with Gasteiger partial charge in [0.15, 0.2) is 0 Å². The number of benzene rings is 1. The Labute approximate surface area is 181 Å². The Kier molecular flexibility index (Phi) is 7.30. The van der Waals surface area contributed by atoms with Crippen molar-refractivity contribution >= 4 is 5.91 Å². The maximum atomic E-state index is 12.9. The monoisotopic (exact) mass is 434 g/mol. The first-order valence-electron chi connectivity index (χ1n) is 10.6. The van der Waals surface area contributed by atoms with Crippen LogP contribution >= 0.6 is 0 Å². The summed E-state index contributed by atoms with van der Waals surface area (Å²) in [4.78, 5) is 25.2. The summed E-state index contributed by atoms with van der Waals surface area (Å²) in [6, 6.07) is 7.25. The zero-order chi connectivity index (χ0) is 22.6. The molecule has 0 bridgehead atoms. The molecule has 1 aliphatic rings. The minimum absolute atomic E-state index is 0.116. The quantitative estimate of drug-likeness (QED) is 0.686. The molecule has 0 N–H and O–H groups in total. The average Bonchev–Trinajstić information content (AvgIpc) is 2.71. The Bertz CT molecular complexity index is 896. The highest BCUT2D eigenvalue weighted by Crippen LogP contribution is 2.29. The molecule has 2 aromatic rings. The molecule has 2 heterocycles. The van der Waals surface area contributed by atoms with E-state index >= 15 is 0 Å². The lowest BCUT2D eigenvalue weighted by atomic mass is 9.96. The molecular weight excluding hydrogens is 405 g/mol. The van der Waals surface area contributed by atoms with E-state index in [1.165, 1.54) is 12.1 Å². The van der Waals surface area contributed by atoms with Crippen molar-refractivity contribution in [2.75, 3.05) is 33.2 Å². The van der Waals surface area contributed by atoms with Crippen molar-refractivity contribution in [3.05, 3.63) is 58.7 Å². The van der Waals surface area contributed by atoms with E-state index in [0.29, 0.717) is 42.5 Å². The fourth-order valence-corrected chi connectivity index (χ4v) is 4.19. The third-order valence-corrected chi connectivity index (χ3v) is 5.64. The SMILES string of the molecule is Cc1cc(C(=O)N(C)CC2CCCN(CCc3cccc(C(F)(F)F)c3)C2)nc(C)n1. The average molecular weight is 435 g/mol. The lowest BCUT2D eigenvalue weighted by Crippen LogP contribution is -2.42. The molecule has 168 valence electrons. The first kappa shape index (κ1) is 23.2. The summed E-state index contributed by atoms with van der Waals surface area (Å²) < 4.78 is 38.8. The van der Waals surface area contributed by atoms with Gasteiger partial charge in [-0.15, -0.1) is 0 Å². The number of halogens is 3. The van der Waals surface area contributed by atoms with E-state index in [1.807, 2.05) is 6.92 Å². The van der Waals surface area contributed by atoms with Crippen molar-refractivity contribution in [3.8, 4) is 0 Å². The molecule has 5 nitrogen and oxygen atoms in total.